The summed E-state index contributed by atoms with van der Waals surface area (Å²) >= 11 is 0. The van der Waals surface area contributed by atoms with Gasteiger partial charge in [0.05, 0.1) is 11.1 Å². The average Bonchev–Trinajstić information content (AvgIpc) is 3.85. The van der Waals surface area contributed by atoms with Crippen LogP contribution in [0.1, 0.15) is 0 Å². The van der Waals surface area contributed by atoms with Crippen LogP contribution in [-0.4, -0.2) is 29.9 Å². The highest BCUT2D eigenvalue weighted by Crippen LogP contribution is 2.39. The van der Waals surface area contributed by atoms with Crippen LogP contribution in [0, 0.1) is 0 Å². The molecule has 262 valence electrons. The number of rotatable bonds is 6. The fourth-order valence-corrected chi connectivity index (χ4v) is 7.31. The first-order chi connectivity index (χ1) is 27.7. The highest BCUT2D eigenvalue weighted by molar-refractivity contribution is 6.11. The molecule has 4 aromatic heterocycles. The van der Waals surface area contributed by atoms with Crippen LogP contribution < -0.4 is 0 Å². The van der Waals surface area contributed by atoms with Crippen molar-refractivity contribution in [1.82, 2.24) is 29.9 Å². The van der Waals surface area contributed by atoms with Crippen LogP contribution in [-0.2, 0) is 0 Å². The zero-order valence-corrected chi connectivity index (χ0v) is 29.7. The largest absolute Gasteiger partial charge is 0.455 e. The predicted octanol–water partition coefficient (Wildman–Crippen LogP) is 11.9. The zero-order valence-electron chi connectivity index (χ0n) is 29.7. The van der Waals surface area contributed by atoms with Gasteiger partial charge in [0, 0.05) is 43.8 Å². The van der Waals surface area contributed by atoms with Gasteiger partial charge in [-0.3, -0.25) is 0 Å². The molecule has 0 saturated carbocycles. The van der Waals surface area contributed by atoms with Gasteiger partial charge in [-0.2, -0.15) is 0 Å². The van der Waals surface area contributed by atoms with Crippen LogP contribution in [0.5, 0.6) is 0 Å². The molecule has 0 fully saturated rings. The molecule has 0 bridgehead atoms. The number of furan rings is 2. The van der Waals surface area contributed by atoms with E-state index in [9.17, 15) is 0 Å². The second kappa shape index (κ2) is 12.9. The van der Waals surface area contributed by atoms with Gasteiger partial charge in [0.1, 0.15) is 22.3 Å². The maximum Gasteiger partial charge on any atom is 0.167 e. The molecule has 0 atom stereocenters. The Hall–Kier alpha value is -7.84. The highest BCUT2D eigenvalue weighted by atomic mass is 16.3. The molecule has 0 radical (unpaired) electrons. The smallest absolute Gasteiger partial charge is 0.167 e. The molecule has 0 N–H and O–H groups in total. The van der Waals surface area contributed by atoms with Crippen LogP contribution >= 0.6 is 0 Å². The van der Waals surface area contributed by atoms with Gasteiger partial charge in [0.25, 0.3) is 0 Å². The van der Waals surface area contributed by atoms with Gasteiger partial charge in [-0.15, -0.1) is 0 Å². The molecule has 11 aromatic rings. The van der Waals surface area contributed by atoms with Gasteiger partial charge < -0.3 is 8.83 Å². The molecule has 4 heterocycles. The third-order valence-electron chi connectivity index (χ3n) is 10.0. The molecule has 0 spiro atoms. The quantitative estimate of drug-likeness (QED) is 0.167. The van der Waals surface area contributed by atoms with Crippen LogP contribution in [0.15, 0.2) is 179 Å². The Bertz CT molecular complexity index is 3190. The van der Waals surface area contributed by atoms with E-state index in [2.05, 4.69) is 24.3 Å². The summed E-state index contributed by atoms with van der Waals surface area (Å²) in [6.07, 6.45) is 0. The van der Waals surface area contributed by atoms with Crippen LogP contribution in [0.25, 0.3) is 112 Å². The topological polar surface area (TPSA) is 104 Å². The van der Waals surface area contributed by atoms with E-state index >= 15 is 0 Å². The molecule has 8 nitrogen and oxygen atoms in total. The second-order valence-electron chi connectivity index (χ2n) is 13.5. The van der Waals surface area contributed by atoms with E-state index in [0.717, 1.165) is 71.7 Å². The lowest BCUT2D eigenvalue weighted by Gasteiger charge is -2.09. The minimum atomic E-state index is 0.490. The lowest BCUT2D eigenvalue weighted by Crippen LogP contribution is -2.00. The number of nitrogens with zero attached hydrogens (tertiary/aromatic N) is 6. The van der Waals surface area contributed by atoms with Gasteiger partial charge in [0.15, 0.2) is 34.9 Å². The molecule has 8 heteroatoms. The molecule has 0 aliphatic carbocycles. The summed E-state index contributed by atoms with van der Waals surface area (Å²) in [5.74, 6) is 3.32. The van der Waals surface area contributed by atoms with E-state index in [1.54, 1.807) is 0 Å². The Morgan fingerprint density at radius 3 is 1.20 bits per heavy atom. The number of aromatic nitrogens is 6. The zero-order chi connectivity index (χ0) is 37.0. The van der Waals surface area contributed by atoms with Gasteiger partial charge in [-0.1, -0.05) is 133 Å². The lowest BCUT2D eigenvalue weighted by atomic mass is 10.1. The first kappa shape index (κ1) is 31.7. The van der Waals surface area contributed by atoms with E-state index < -0.39 is 0 Å². The predicted molar refractivity (Wildman–Crippen MR) is 220 cm³/mol. The van der Waals surface area contributed by atoms with Crippen molar-refractivity contribution in [1.29, 1.82) is 0 Å². The molecule has 0 unspecified atom stereocenters. The van der Waals surface area contributed by atoms with Crippen molar-refractivity contribution < 1.29 is 8.83 Å². The van der Waals surface area contributed by atoms with Gasteiger partial charge in [-0.05, 0) is 36.4 Å². The molecule has 0 aliphatic heterocycles. The molecular formula is C48H28N6O2. The van der Waals surface area contributed by atoms with E-state index in [0.29, 0.717) is 40.5 Å². The normalized spacial score (nSPS) is 11.6. The van der Waals surface area contributed by atoms with E-state index in [4.69, 9.17) is 38.7 Å². The molecule has 0 saturated heterocycles. The molecule has 11 rings (SSSR count). The summed E-state index contributed by atoms with van der Waals surface area (Å²) in [5.41, 5.74) is 8.00. The Balaban J connectivity index is 1.08. The molecule has 0 aliphatic rings. The summed E-state index contributed by atoms with van der Waals surface area (Å²) in [6.45, 7) is 0. The lowest BCUT2D eigenvalue weighted by molar-refractivity contribution is 0.669. The second-order valence-corrected chi connectivity index (χ2v) is 13.5. The average molecular weight is 721 g/mol. The van der Waals surface area contributed by atoms with Crippen molar-refractivity contribution in [2.24, 2.45) is 0 Å². The molecule has 56 heavy (non-hydrogen) atoms. The third-order valence-corrected chi connectivity index (χ3v) is 10.0. The van der Waals surface area contributed by atoms with Crippen LogP contribution in [0.2, 0.25) is 0 Å². The van der Waals surface area contributed by atoms with Gasteiger partial charge >= 0.3 is 0 Å². The fourth-order valence-electron chi connectivity index (χ4n) is 7.31. The molecule has 0 amide bonds. The summed E-state index contributed by atoms with van der Waals surface area (Å²) in [7, 11) is 0. The third kappa shape index (κ3) is 5.39. The Labute approximate surface area is 319 Å². The summed E-state index contributed by atoms with van der Waals surface area (Å²) in [4.78, 5) is 30.0. The monoisotopic (exact) mass is 720 g/mol. The fraction of sp³-hybridized carbons (Fsp3) is 0. The maximum atomic E-state index is 6.64. The maximum absolute atomic E-state index is 6.64. The summed E-state index contributed by atoms with van der Waals surface area (Å²) in [6, 6.07) is 56.1. The SMILES string of the molecule is c1ccc(-c2nc(-c3ccccc3)nc(-c3ccc4oc5c(-c6nc(-c7ccccc7)nc(-c7cccc8c7oc7ccccc78)n6)cccc5c4c3)n2)cc1. The van der Waals surface area contributed by atoms with Crippen molar-refractivity contribution >= 4 is 43.9 Å². The van der Waals surface area contributed by atoms with E-state index in [-0.39, 0.29) is 0 Å². The van der Waals surface area contributed by atoms with Gasteiger partial charge in [-0.25, -0.2) is 29.9 Å². The number of fused-ring (bicyclic) bond motifs is 6. The van der Waals surface area contributed by atoms with E-state index in [1.165, 1.54) is 0 Å². The first-order valence-corrected chi connectivity index (χ1v) is 18.3. The number of benzene rings is 7. The Morgan fingerprint density at radius 2 is 0.661 bits per heavy atom. The van der Waals surface area contributed by atoms with Gasteiger partial charge in [0.2, 0.25) is 0 Å². The standard InChI is InChI=1S/C48H28N6O2/c1-4-14-29(15-5-1)43-49-44(30-16-6-2-7-17-30)51-46(50-43)32-26-27-40-38(28-32)35-22-13-24-37(42(35)56-40)48-53-45(31-18-8-3-9-19-31)52-47(54-48)36-23-12-21-34-33-20-10-11-25-39(33)55-41(34)36/h1-28H. The number of hydrogen-bond acceptors (Lipinski definition) is 8. The van der Waals surface area contributed by atoms with Crippen molar-refractivity contribution in [2.75, 3.05) is 0 Å². The summed E-state index contributed by atoms with van der Waals surface area (Å²) < 4.78 is 13.1. The van der Waals surface area contributed by atoms with Crippen molar-refractivity contribution in [2.45, 2.75) is 0 Å². The number of para-hydroxylation sites is 3. The highest BCUT2D eigenvalue weighted by Gasteiger charge is 2.21. The van der Waals surface area contributed by atoms with Crippen molar-refractivity contribution in [3.8, 4) is 68.3 Å². The van der Waals surface area contributed by atoms with Crippen molar-refractivity contribution in [3.63, 3.8) is 0 Å². The first-order valence-electron chi connectivity index (χ1n) is 18.3. The minimum absolute atomic E-state index is 0.490. The Kier molecular flexibility index (Phi) is 7.31. The van der Waals surface area contributed by atoms with Crippen molar-refractivity contribution in [3.05, 3.63) is 170 Å². The van der Waals surface area contributed by atoms with Crippen LogP contribution in [0.3, 0.4) is 0 Å². The number of hydrogen-bond donors (Lipinski definition) is 0. The Morgan fingerprint density at radius 1 is 0.268 bits per heavy atom. The molecular weight excluding hydrogens is 693 g/mol. The van der Waals surface area contributed by atoms with E-state index in [1.807, 2.05) is 146 Å². The van der Waals surface area contributed by atoms with Crippen LogP contribution in [0.4, 0.5) is 0 Å². The minimum Gasteiger partial charge on any atom is -0.455 e. The molecule has 7 aromatic carbocycles. The summed E-state index contributed by atoms with van der Waals surface area (Å²) in [5, 5.41) is 3.88.